The molecule has 0 aliphatic heterocycles. The van der Waals surface area contributed by atoms with Gasteiger partial charge in [-0.1, -0.05) is 126 Å². The third kappa shape index (κ3) is 7.35. The Morgan fingerprint density at radius 1 is 0.565 bits per heavy atom. The standard InChI is InChI=1S/C14H13N.C14H16O.C13H13NO2/c1-10(2)12-8-7-11(9-15)13-5-3-4-6-14(12)13;1-10(2)11-8-9-14(15-3)13-7-5-4-6-12(11)13;1-9(2)10-7-8-13(14(15)16)12-6-4-3-5-11(10)12/h3-8,10H,1-2H3;4-10H,1-3H3;3-9H,1-2H3. The second-order valence-corrected chi connectivity index (χ2v) is 12.2. The first-order valence-electron chi connectivity index (χ1n) is 15.7. The van der Waals surface area contributed by atoms with Crippen LogP contribution in [0.15, 0.2) is 109 Å². The minimum atomic E-state index is -0.327. The number of non-ortho nitro benzene ring substituents is 1. The van der Waals surface area contributed by atoms with Gasteiger partial charge in [-0.3, -0.25) is 10.1 Å². The summed E-state index contributed by atoms with van der Waals surface area (Å²) in [7, 11) is 1.72. The molecule has 234 valence electrons. The fraction of sp³-hybridized carbons (Fsp3) is 0.244. The van der Waals surface area contributed by atoms with E-state index in [0.29, 0.717) is 17.8 Å². The summed E-state index contributed by atoms with van der Waals surface area (Å²) in [6.07, 6.45) is 0. The Morgan fingerprint density at radius 3 is 1.41 bits per heavy atom. The molecule has 0 bridgehead atoms. The first kappa shape index (κ1) is 33.7. The number of fused-ring (bicyclic) bond motifs is 3. The van der Waals surface area contributed by atoms with Crippen LogP contribution in [0.5, 0.6) is 5.75 Å². The number of nitriles is 1. The fourth-order valence-corrected chi connectivity index (χ4v) is 5.87. The van der Waals surface area contributed by atoms with Gasteiger partial charge in [-0.2, -0.15) is 5.26 Å². The SMILES string of the molecule is CC(C)c1ccc(C#N)c2ccccc12.CC(C)c1ccc([N+](=O)[O-])c2ccccc12.COc1ccc(C(C)C)c2ccccc12. The van der Waals surface area contributed by atoms with Crippen LogP contribution in [-0.4, -0.2) is 12.0 Å². The zero-order valence-corrected chi connectivity index (χ0v) is 27.7. The van der Waals surface area contributed by atoms with Gasteiger partial charge < -0.3 is 4.74 Å². The molecule has 0 N–H and O–H groups in total. The largest absolute Gasteiger partial charge is 0.496 e. The highest BCUT2D eigenvalue weighted by atomic mass is 16.6. The summed E-state index contributed by atoms with van der Waals surface area (Å²) in [5.74, 6) is 2.35. The summed E-state index contributed by atoms with van der Waals surface area (Å²) in [5, 5.41) is 26.4. The summed E-state index contributed by atoms with van der Waals surface area (Å²) in [5.41, 5.74) is 4.78. The first-order chi connectivity index (χ1) is 22.1. The van der Waals surface area contributed by atoms with Crippen LogP contribution in [-0.2, 0) is 0 Å². The Morgan fingerprint density at radius 2 is 0.957 bits per heavy atom. The molecule has 0 aromatic heterocycles. The Labute approximate surface area is 272 Å². The normalized spacial score (nSPS) is 10.8. The smallest absolute Gasteiger partial charge is 0.277 e. The predicted octanol–water partition coefficient (Wildman–Crippen LogP) is 11.7. The Balaban J connectivity index is 0.000000157. The zero-order chi connectivity index (χ0) is 33.4. The molecule has 0 radical (unpaired) electrons. The molecule has 0 heterocycles. The molecule has 5 nitrogen and oxygen atoms in total. The average Bonchev–Trinajstić information content (AvgIpc) is 3.06. The predicted molar refractivity (Wildman–Crippen MR) is 192 cm³/mol. The monoisotopic (exact) mass is 610 g/mol. The summed E-state index contributed by atoms with van der Waals surface area (Å²) in [6, 6.07) is 37.9. The number of nitrogens with zero attached hydrogens (tertiary/aromatic N) is 2. The Bertz CT molecular complexity index is 2020. The second kappa shape index (κ2) is 15.2. The van der Waals surface area contributed by atoms with Crippen molar-refractivity contribution in [2.75, 3.05) is 7.11 Å². The van der Waals surface area contributed by atoms with Gasteiger partial charge in [-0.15, -0.1) is 0 Å². The zero-order valence-electron chi connectivity index (χ0n) is 27.7. The third-order valence-electron chi connectivity index (χ3n) is 8.21. The highest BCUT2D eigenvalue weighted by molar-refractivity contribution is 5.94. The van der Waals surface area contributed by atoms with Gasteiger partial charge in [0, 0.05) is 11.5 Å². The number of rotatable bonds is 5. The summed E-state index contributed by atoms with van der Waals surface area (Å²) < 4.78 is 5.36. The van der Waals surface area contributed by atoms with Crippen LogP contribution in [0.25, 0.3) is 32.3 Å². The minimum absolute atomic E-state index is 0.181. The highest BCUT2D eigenvalue weighted by Crippen LogP contribution is 2.33. The van der Waals surface area contributed by atoms with E-state index in [9.17, 15) is 10.1 Å². The molecule has 0 aliphatic carbocycles. The quantitative estimate of drug-likeness (QED) is 0.144. The molecule has 0 saturated heterocycles. The van der Waals surface area contributed by atoms with Crippen LogP contribution >= 0.6 is 0 Å². The van der Waals surface area contributed by atoms with Crippen molar-refractivity contribution in [1.82, 2.24) is 0 Å². The maximum Gasteiger partial charge on any atom is 0.277 e. The molecule has 46 heavy (non-hydrogen) atoms. The maximum absolute atomic E-state index is 10.9. The van der Waals surface area contributed by atoms with Crippen molar-refractivity contribution in [3.8, 4) is 11.8 Å². The molecule has 0 amide bonds. The van der Waals surface area contributed by atoms with Gasteiger partial charge in [0.1, 0.15) is 5.75 Å². The number of benzene rings is 6. The number of nitro groups is 1. The molecule has 0 saturated carbocycles. The van der Waals surface area contributed by atoms with Crippen molar-refractivity contribution >= 4 is 38.0 Å². The van der Waals surface area contributed by atoms with E-state index in [2.05, 4.69) is 96.1 Å². The van der Waals surface area contributed by atoms with E-state index in [4.69, 9.17) is 10.00 Å². The molecule has 0 atom stereocenters. The lowest BCUT2D eigenvalue weighted by atomic mass is 9.94. The van der Waals surface area contributed by atoms with E-state index in [-0.39, 0.29) is 10.6 Å². The summed E-state index contributed by atoms with van der Waals surface area (Å²) in [6.45, 7) is 13.0. The van der Waals surface area contributed by atoms with E-state index in [0.717, 1.165) is 33.0 Å². The number of hydrogen-bond acceptors (Lipinski definition) is 4. The van der Waals surface area contributed by atoms with Gasteiger partial charge in [-0.25, -0.2) is 0 Å². The molecular weight excluding hydrogens is 568 g/mol. The molecule has 6 aromatic rings. The van der Waals surface area contributed by atoms with Gasteiger partial charge in [-0.05, 0) is 74.2 Å². The van der Waals surface area contributed by atoms with E-state index >= 15 is 0 Å². The van der Waals surface area contributed by atoms with Crippen LogP contribution in [0.2, 0.25) is 0 Å². The maximum atomic E-state index is 10.9. The molecule has 0 fully saturated rings. The van der Waals surface area contributed by atoms with Gasteiger partial charge >= 0.3 is 0 Å². The molecular formula is C41H42N2O3. The fourth-order valence-electron chi connectivity index (χ4n) is 5.87. The number of nitro benzene ring substituents is 1. The van der Waals surface area contributed by atoms with Crippen LogP contribution < -0.4 is 4.74 Å². The van der Waals surface area contributed by atoms with Gasteiger partial charge in [0.25, 0.3) is 5.69 Å². The molecule has 0 aliphatic rings. The number of methoxy groups -OCH3 is 1. The average molecular weight is 611 g/mol. The van der Waals surface area contributed by atoms with Crippen molar-refractivity contribution in [3.05, 3.63) is 142 Å². The lowest BCUT2D eigenvalue weighted by Crippen LogP contribution is -1.94. The molecule has 6 aromatic carbocycles. The topological polar surface area (TPSA) is 76.2 Å². The number of ether oxygens (including phenoxy) is 1. The van der Waals surface area contributed by atoms with Crippen molar-refractivity contribution in [2.24, 2.45) is 0 Å². The van der Waals surface area contributed by atoms with E-state index in [1.54, 1.807) is 19.2 Å². The third-order valence-corrected chi connectivity index (χ3v) is 8.21. The lowest BCUT2D eigenvalue weighted by Gasteiger charge is -2.12. The van der Waals surface area contributed by atoms with Crippen LogP contribution in [0, 0.1) is 21.4 Å². The van der Waals surface area contributed by atoms with Gasteiger partial charge in [0.15, 0.2) is 0 Å². The minimum Gasteiger partial charge on any atom is -0.496 e. The second-order valence-electron chi connectivity index (χ2n) is 12.2. The lowest BCUT2D eigenvalue weighted by molar-refractivity contribution is -0.383. The van der Waals surface area contributed by atoms with Crippen molar-refractivity contribution in [1.29, 1.82) is 5.26 Å². The molecule has 0 unspecified atom stereocenters. The summed E-state index contributed by atoms with van der Waals surface area (Å²) >= 11 is 0. The first-order valence-corrected chi connectivity index (χ1v) is 15.7. The summed E-state index contributed by atoms with van der Waals surface area (Å²) in [4.78, 5) is 10.6. The molecule has 0 spiro atoms. The van der Waals surface area contributed by atoms with Gasteiger partial charge in [0.2, 0.25) is 0 Å². The van der Waals surface area contributed by atoms with E-state index in [1.807, 2.05) is 48.5 Å². The Hall–Kier alpha value is -5.21. The van der Waals surface area contributed by atoms with Crippen LogP contribution in [0.1, 0.15) is 81.5 Å². The van der Waals surface area contributed by atoms with Crippen molar-refractivity contribution in [3.63, 3.8) is 0 Å². The van der Waals surface area contributed by atoms with E-state index in [1.165, 1.54) is 27.3 Å². The van der Waals surface area contributed by atoms with Crippen LogP contribution in [0.3, 0.4) is 0 Å². The van der Waals surface area contributed by atoms with Gasteiger partial charge in [0.05, 0.1) is 29.1 Å². The van der Waals surface area contributed by atoms with Crippen molar-refractivity contribution in [2.45, 2.75) is 59.3 Å². The number of hydrogen-bond donors (Lipinski definition) is 0. The highest BCUT2D eigenvalue weighted by Gasteiger charge is 2.15. The van der Waals surface area contributed by atoms with Crippen molar-refractivity contribution < 1.29 is 9.66 Å². The Kier molecular flexibility index (Phi) is 11.1. The molecule has 6 rings (SSSR count). The van der Waals surface area contributed by atoms with Crippen LogP contribution in [0.4, 0.5) is 5.69 Å². The van der Waals surface area contributed by atoms with E-state index < -0.39 is 0 Å². The molecule has 5 heteroatoms.